The van der Waals surface area contributed by atoms with Gasteiger partial charge in [0.1, 0.15) is 29.3 Å². The van der Waals surface area contributed by atoms with Crippen LogP contribution >= 0.6 is 0 Å². The topological polar surface area (TPSA) is 106 Å². The average Bonchev–Trinajstić information content (AvgIpc) is 3.46. The number of nitrogens with zero attached hydrogens (tertiary/aromatic N) is 4. The third-order valence-corrected chi connectivity index (χ3v) is 14.6. The molecule has 1 N–H and O–H groups in total. The van der Waals surface area contributed by atoms with E-state index in [0.29, 0.717) is 42.8 Å². The highest BCUT2D eigenvalue weighted by Crippen LogP contribution is 2.37. The summed E-state index contributed by atoms with van der Waals surface area (Å²) in [4.78, 5) is 9.80. The summed E-state index contributed by atoms with van der Waals surface area (Å²) in [5.74, 6) is 1.26. The van der Waals surface area contributed by atoms with E-state index in [-0.39, 0.29) is 11.5 Å². The third kappa shape index (κ3) is 8.98. The van der Waals surface area contributed by atoms with Gasteiger partial charge in [-0.3, -0.25) is 4.98 Å². The lowest BCUT2D eigenvalue weighted by Crippen LogP contribution is -2.44. The maximum atomic E-state index is 15.3. The van der Waals surface area contributed by atoms with E-state index >= 15 is 4.39 Å². The number of hydrogen-bond donors (Lipinski definition) is 1. The summed E-state index contributed by atoms with van der Waals surface area (Å²) in [6.45, 7) is 19.6. The molecule has 9 nitrogen and oxygen atoms in total. The van der Waals surface area contributed by atoms with E-state index in [1.54, 1.807) is 31.0 Å². The fraction of sp³-hybridized carbons (Fsp3) is 0.514. The van der Waals surface area contributed by atoms with Crippen LogP contribution in [0.1, 0.15) is 72.3 Å². The Labute approximate surface area is 283 Å². The second kappa shape index (κ2) is 15.1. The monoisotopic (exact) mass is 683 g/mol. The molecule has 3 heterocycles. The number of nitrogens with one attached hydrogen (secondary N) is 1. The Balaban J connectivity index is 1.77. The predicted octanol–water partition coefficient (Wildman–Crippen LogP) is 7.87. The molecule has 3 aromatic heterocycles. The van der Waals surface area contributed by atoms with Crippen molar-refractivity contribution in [2.45, 2.75) is 96.6 Å². The molecule has 12 heteroatoms. The highest BCUT2D eigenvalue weighted by atomic mass is 32.2. The molecule has 0 aliphatic carbocycles. The standard InChI is InChI=1S/C35H50FN5O4SSi/c1-11-27(36)33(40-46(42)34(2,3)4)29-16-13-15-28(39-29)24-20-30-26(31(21-24)44-19-18-43-8)22-37-41(30)32-17-12-14-25(38-32)23-45-47(9,10)35(5,6)7/h12-17,20-22,27,33,40H,11,18-19,23H2,1-10H3/t27-,33+,46?/m1/s1. The molecule has 0 fully saturated rings. The molecule has 4 aromatic rings. The van der Waals surface area contributed by atoms with Crippen LogP contribution < -0.4 is 9.46 Å². The molecular weight excluding hydrogens is 634 g/mol. The average molecular weight is 684 g/mol. The van der Waals surface area contributed by atoms with Gasteiger partial charge in [-0.2, -0.15) is 5.10 Å². The lowest BCUT2D eigenvalue weighted by Gasteiger charge is -2.36. The van der Waals surface area contributed by atoms with Gasteiger partial charge in [-0.25, -0.2) is 14.1 Å². The van der Waals surface area contributed by atoms with E-state index in [9.17, 15) is 4.55 Å². The van der Waals surface area contributed by atoms with Gasteiger partial charge < -0.3 is 18.5 Å². The Morgan fingerprint density at radius 3 is 2.40 bits per heavy atom. The minimum Gasteiger partial charge on any atom is -0.598 e. The molecule has 47 heavy (non-hydrogen) atoms. The normalized spacial score (nSPS) is 14.7. The van der Waals surface area contributed by atoms with Crippen LogP contribution in [0.4, 0.5) is 4.39 Å². The smallest absolute Gasteiger partial charge is 0.192 e. The molecule has 0 aliphatic heterocycles. The quantitative estimate of drug-likeness (QED) is 0.0813. The lowest BCUT2D eigenvalue weighted by molar-refractivity contribution is 0.147. The highest BCUT2D eigenvalue weighted by molar-refractivity contribution is 7.90. The number of methoxy groups -OCH3 is 1. The van der Waals surface area contributed by atoms with Crippen molar-refractivity contribution in [1.82, 2.24) is 24.5 Å². The van der Waals surface area contributed by atoms with Crippen molar-refractivity contribution >= 4 is 30.6 Å². The molecule has 4 rings (SSSR count). The van der Waals surface area contributed by atoms with Crippen LogP contribution in [0.3, 0.4) is 0 Å². The van der Waals surface area contributed by atoms with Crippen molar-refractivity contribution in [3.8, 4) is 22.8 Å². The summed E-state index contributed by atoms with van der Waals surface area (Å²) < 4.78 is 50.4. The number of hydrogen-bond acceptors (Lipinski definition) is 8. The minimum atomic E-state index is -1.97. The third-order valence-electron chi connectivity index (χ3n) is 8.52. The predicted molar refractivity (Wildman–Crippen MR) is 190 cm³/mol. The first kappa shape index (κ1) is 37.0. The Morgan fingerprint density at radius 1 is 1.02 bits per heavy atom. The van der Waals surface area contributed by atoms with E-state index in [1.165, 1.54) is 0 Å². The maximum absolute atomic E-state index is 15.3. The Kier molecular flexibility index (Phi) is 11.9. The van der Waals surface area contributed by atoms with Gasteiger partial charge >= 0.3 is 0 Å². The Bertz CT molecular complexity index is 1640. The largest absolute Gasteiger partial charge is 0.598 e. The molecule has 1 unspecified atom stereocenters. The molecular formula is C35H50FN5O4SSi. The van der Waals surface area contributed by atoms with Crippen molar-refractivity contribution in [1.29, 1.82) is 0 Å². The zero-order chi connectivity index (χ0) is 34.6. The molecule has 3 atom stereocenters. The van der Waals surface area contributed by atoms with Gasteiger partial charge in [0.25, 0.3) is 0 Å². The van der Waals surface area contributed by atoms with Crippen LogP contribution in [-0.4, -0.2) is 63.9 Å². The summed E-state index contributed by atoms with van der Waals surface area (Å²) in [5, 5.41) is 5.61. The van der Waals surface area contributed by atoms with Gasteiger partial charge in [-0.15, -0.1) is 4.72 Å². The number of benzene rings is 1. The first-order chi connectivity index (χ1) is 22.1. The van der Waals surface area contributed by atoms with Crippen molar-refractivity contribution in [2.24, 2.45) is 0 Å². The Hall–Kier alpha value is -2.87. The molecule has 0 radical (unpaired) electrons. The highest BCUT2D eigenvalue weighted by Gasteiger charge is 2.37. The van der Waals surface area contributed by atoms with Crippen LogP contribution in [0.5, 0.6) is 5.75 Å². The molecule has 0 amide bonds. The van der Waals surface area contributed by atoms with Crippen molar-refractivity contribution in [3.05, 3.63) is 66.1 Å². The van der Waals surface area contributed by atoms with Gasteiger partial charge in [0.15, 0.2) is 14.1 Å². The summed E-state index contributed by atoms with van der Waals surface area (Å²) in [7, 11) is -0.339. The van der Waals surface area contributed by atoms with Crippen LogP contribution in [-0.2, 0) is 27.1 Å². The molecule has 0 aliphatic rings. The van der Waals surface area contributed by atoms with Crippen molar-refractivity contribution < 1.29 is 22.8 Å². The summed E-state index contributed by atoms with van der Waals surface area (Å²) >= 11 is -1.49. The number of rotatable bonds is 14. The first-order valence-electron chi connectivity index (χ1n) is 16.1. The summed E-state index contributed by atoms with van der Waals surface area (Å²) in [5.41, 5.74) is 3.45. The summed E-state index contributed by atoms with van der Waals surface area (Å²) in [6, 6.07) is 14.4. The molecule has 0 saturated heterocycles. The van der Waals surface area contributed by atoms with Gasteiger partial charge in [-0.05, 0) is 81.7 Å². The molecule has 0 spiro atoms. The van der Waals surface area contributed by atoms with E-state index in [0.717, 1.165) is 22.2 Å². The Morgan fingerprint density at radius 2 is 1.74 bits per heavy atom. The number of halogens is 1. The fourth-order valence-electron chi connectivity index (χ4n) is 4.55. The number of alkyl halides is 1. The minimum absolute atomic E-state index is 0.0884. The van der Waals surface area contributed by atoms with E-state index in [2.05, 4.69) is 38.6 Å². The van der Waals surface area contributed by atoms with E-state index in [4.69, 9.17) is 29.0 Å². The second-order valence-electron chi connectivity index (χ2n) is 14.2. The number of ether oxygens (including phenoxy) is 2. The second-order valence-corrected chi connectivity index (χ2v) is 21.0. The van der Waals surface area contributed by atoms with Crippen LogP contribution in [0, 0.1) is 0 Å². The first-order valence-corrected chi connectivity index (χ1v) is 20.1. The maximum Gasteiger partial charge on any atom is 0.192 e. The number of aromatic nitrogens is 4. The molecule has 256 valence electrons. The summed E-state index contributed by atoms with van der Waals surface area (Å²) in [6.07, 6.45) is 0.739. The lowest BCUT2D eigenvalue weighted by atomic mass is 10.0. The molecule has 0 bridgehead atoms. The molecule has 0 saturated carbocycles. The SMILES string of the molecule is CC[C@@H](F)[C@H](N[S+]([O-])C(C)(C)C)c1cccc(-c2cc(OCCOC)c3cnn(-c4cccc(CO[Si](C)(C)C(C)(C)C)n4)c3c2)n1. The van der Waals surface area contributed by atoms with Crippen LogP contribution in [0.15, 0.2) is 54.7 Å². The van der Waals surface area contributed by atoms with Gasteiger partial charge in [0, 0.05) is 24.0 Å². The van der Waals surface area contributed by atoms with Crippen LogP contribution in [0.2, 0.25) is 18.1 Å². The van der Waals surface area contributed by atoms with Crippen LogP contribution in [0.25, 0.3) is 28.0 Å². The zero-order valence-electron chi connectivity index (χ0n) is 29.4. The van der Waals surface area contributed by atoms with Crippen molar-refractivity contribution in [3.63, 3.8) is 0 Å². The van der Waals surface area contributed by atoms with Gasteiger partial charge in [0.05, 0.1) is 47.4 Å². The van der Waals surface area contributed by atoms with Crippen molar-refractivity contribution in [2.75, 3.05) is 20.3 Å². The molecule has 1 aromatic carbocycles. The number of pyridine rings is 2. The van der Waals surface area contributed by atoms with Gasteiger partial charge in [-0.1, -0.05) is 39.8 Å². The van der Waals surface area contributed by atoms with E-state index in [1.807, 2.05) is 63.2 Å². The van der Waals surface area contributed by atoms with Gasteiger partial charge in [0.2, 0.25) is 0 Å². The zero-order valence-corrected chi connectivity index (χ0v) is 31.2. The fourth-order valence-corrected chi connectivity index (χ4v) is 6.34. The number of fused-ring (bicyclic) bond motifs is 1. The van der Waals surface area contributed by atoms with E-state index < -0.39 is 36.6 Å².